The standard InChI is InChI=1S/C29H42N2O10/c1-6-7-8-9-10-13-16-30-28(36)22-14-11-12-15-23(22)40-29-25(31-18(2)32)27(39-21(5)35)26(38-20(4)34)24(41-29)17-37-19(3)33/h11-12,14-15,24-27,29H,6-10,13,16-17H2,1-5H3,(H,30,36)(H,31,32)/t24-,25-,26-,27-,29-/m1/s1. The number of para-hydroxylation sites is 1. The molecule has 2 amide bonds. The highest BCUT2D eigenvalue weighted by molar-refractivity contribution is 5.96. The first-order valence-electron chi connectivity index (χ1n) is 14.0. The molecule has 0 spiro atoms. The molecule has 0 aliphatic carbocycles. The molecule has 1 aromatic rings. The Kier molecular flexibility index (Phi) is 14.1. The third-order valence-electron chi connectivity index (χ3n) is 6.26. The number of nitrogens with one attached hydrogen (secondary N) is 2. The van der Waals surface area contributed by atoms with Crippen molar-refractivity contribution in [1.82, 2.24) is 10.6 Å². The summed E-state index contributed by atoms with van der Waals surface area (Å²) < 4.78 is 28.2. The van der Waals surface area contributed by atoms with E-state index in [1.54, 1.807) is 24.3 Å². The largest absolute Gasteiger partial charge is 0.463 e. The Morgan fingerprint density at radius 2 is 1.46 bits per heavy atom. The number of carbonyl (C=O) groups is 5. The predicted octanol–water partition coefficient (Wildman–Crippen LogP) is 2.81. The maximum absolute atomic E-state index is 13.0. The van der Waals surface area contributed by atoms with Crippen LogP contribution in [0.15, 0.2) is 24.3 Å². The summed E-state index contributed by atoms with van der Waals surface area (Å²) in [6, 6.07) is 5.34. The van der Waals surface area contributed by atoms with Crippen LogP contribution in [0.2, 0.25) is 0 Å². The Balaban J connectivity index is 2.32. The van der Waals surface area contributed by atoms with Gasteiger partial charge < -0.3 is 34.3 Å². The van der Waals surface area contributed by atoms with E-state index in [1.807, 2.05) is 0 Å². The van der Waals surface area contributed by atoms with Gasteiger partial charge in [-0.05, 0) is 18.6 Å². The zero-order valence-corrected chi connectivity index (χ0v) is 24.4. The summed E-state index contributed by atoms with van der Waals surface area (Å²) >= 11 is 0. The van der Waals surface area contributed by atoms with Crippen molar-refractivity contribution >= 4 is 29.7 Å². The van der Waals surface area contributed by atoms with E-state index < -0.39 is 54.5 Å². The van der Waals surface area contributed by atoms with Gasteiger partial charge in [0.2, 0.25) is 12.2 Å². The number of benzene rings is 1. The fourth-order valence-electron chi connectivity index (χ4n) is 4.48. The van der Waals surface area contributed by atoms with Gasteiger partial charge in [-0.2, -0.15) is 0 Å². The molecule has 1 fully saturated rings. The first kappa shape index (κ1) is 33.5. The smallest absolute Gasteiger partial charge is 0.303 e. The van der Waals surface area contributed by atoms with E-state index in [9.17, 15) is 24.0 Å². The molecule has 1 saturated heterocycles. The fourth-order valence-corrected chi connectivity index (χ4v) is 4.48. The van der Waals surface area contributed by atoms with E-state index in [4.69, 9.17) is 23.7 Å². The highest BCUT2D eigenvalue weighted by Gasteiger charge is 2.52. The Hall–Kier alpha value is -3.67. The van der Waals surface area contributed by atoms with Gasteiger partial charge in [-0.3, -0.25) is 24.0 Å². The van der Waals surface area contributed by atoms with Crippen LogP contribution in [-0.4, -0.2) is 73.5 Å². The van der Waals surface area contributed by atoms with Gasteiger partial charge in [-0.15, -0.1) is 0 Å². The van der Waals surface area contributed by atoms with Crippen LogP contribution < -0.4 is 15.4 Å². The normalized spacial score (nSPS) is 21.7. The molecule has 0 aromatic heterocycles. The number of hydrogen-bond donors (Lipinski definition) is 2. The quantitative estimate of drug-likeness (QED) is 0.180. The molecular formula is C29H42N2O10. The molecule has 1 aliphatic heterocycles. The van der Waals surface area contributed by atoms with Gasteiger partial charge in [0, 0.05) is 34.2 Å². The third kappa shape index (κ3) is 11.4. The van der Waals surface area contributed by atoms with Gasteiger partial charge in [0.25, 0.3) is 5.91 Å². The minimum atomic E-state index is -1.33. The lowest BCUT2D eigenvalue weighted by molar-refractivity contribution is -0.257. The Morgan fingerprint density at radius 3 is 2.10 bits per heavy atom. The second-order valence-electron chi connectivity index (χ2n) is 9.86. The lowest BCUT2D eigenvalue weighted by Gasteiger charge is -2.44. The number of carbonyl (C=O) groups excluding carboxylic acids is 5. The molecule has 0 bridgehead atoms. The van der Waals surface area contributed by atoms with Crippen LogP contribution in [0.3, 0.4) is 0 Å². The minimum Gasteiger partial charge on any atom is -0.463 e. The zero-order valence-electron chi connectivity index (χ0n) is 24.4. The van der Waals surface area contributed by atoms with E-state index in [1.165, 1.54) is 26.7 Å². The molecule has 0 radical (unpaired) electrons. The number of hydrogen-bond acceptors (Lipinski definition) is 10. The van der Waals surface area contributed by atoms with Crippen LogP contribution in [0.5, 0.6) is 5.75 Å². The summed E-state index contributed by atoms with van der Waals surface area (Å²) in [4.78, 5) is 60.7. The van der Waals surface area contributed by atoms with Crippen LogP contribution in [0.25, 0.3) is 0 Å². The van der Waals surface area contributed by atoms with Crippen molar-refractivity contribution in [3.8, 4) is 5.75 Å². The molecule has 12 nitrogen and oxygen atoms in total. The average Bonchev–Trinajstić information content (AvgIpc) is 2.89. The Morgan fingerprint density at radius 1 is 0.829 bits per heavy atom. The maximum Gasteiger partial charge on any atom is 0.303 e. The lowest BCUT2D eigenvalue weighted by atomic mass is 9.96. The number of rotatable bonds is 15. The summed E-state index contributed by atoms with van der Waals surface area (Å²) in [5.41, 5.74) is 0.228. The Labute approximate surface area is 240 Å². The van der Waals surface area contributed by atoms with Gasteiger partial charge in [0.05, 0.1) is 5.56 Å². The van der Waals surface area contributed by atoms with E-state index in [-0.39, 0.29) is 23.8 Å². The van der Waals surface area contributed by atoms with Crippen molar-refractivity contribution in [1.29, 1.82) is 0 Å². The van der Waals surface area contributed by atoms with Gasteiger partial charge in [-0.1, -0.05) is 51.2 Å². The van der Waals surface area contributed by atoms with Gasteiger partial charge in [-0.25, -0.2) is 0 Å². The van der Waals surface area contributed by atoms with E-state index in [0.29, 0.717) is 6.54 Å². The van der Waals surface area contributed by atoms with Crippen molar-refractivity contribution < 1.29 is 47.7 Å². The number of amides is 2. The molecule has 1 aromatic carbocycles. The number of ether oxygens (including phenoxy) is 5. The lowest BCUT2D eigenvalue weighted by Crippen LogP contribution is -2.67. The van der Waals surface area contributed by atoms with Crippen LogP contribution in [0.4, 0.5) is 0 Å². The van der Waals surface area contributed by atoms with E-state index >= 15 is 0 Å². The first-order chi connectivity index (χ1) is 19.5. The average molecular weight is 579 g/mol. The highest BCUT2D eigenvalue weighted by atomic mass is 16.7. The van der Waals surface area contributed by atoms with Gasteiger partial charge in [0.1, 0.15) is 24.5 Å². The SMILES string of the molecule is CCCCCCCCNC(=O)c1ccccc1O[C@@H]1O[C@H](COC(C)=O)[C@@H](OC(C)=O)[C@H](OC(C)=O)[C@H]1NC(C)=O. The number of unbranched alkanes of at least 4 members (excludes halogenated alkanes) is 5. The third-order valence-corrected chi connectivity index (χ3v) is 6.26. The second-order valence-corrected chi connectivity index (χ2v) is 9.86. The van der Waals surface area contributed by atoms with Crippen LogP contribution in [-0.2, 0) is 38.1 Å². The first-order valence-corrected chi connectivity index (χ1v) is 14.0. The van der Waals surface area contributed by atoms with Crippen molar-refractivity contribution in [2.75, 3.05) is 13.2 Å². The Bertz CT molecular complexity index is 1050. The second kappa shape index (κ2) is 17.2. The summed E-state index contributed by atoms with van der Waals surface area (Å²) in [5, 5.41) is 5.54. The molecule has 2 rings (SSSR count). The van der Waals surface area contributed by atoms with Crippen molar-refractivity contribution in [3.05, 3.63) is 29.8 Å². The molecule has 12 heteroatoms. The van der Waals surface area contributed by atoms with Crippen molar-refractivity contribution in [2.24, 2.45) is 0 Å². The molecular weight excluding hydrogens is 536 g/mol. The van der Waals surface area contributed by atoms with Gasteiger partial charge >= 0.3 is 17.9 Å². The summed E-state index contributed by atoms with van der Waals surface area (Å²) in [6.45, 7) is 7.05. The van der Waals surface area contributed by atoms with Crippen LogP contribution in [0.1, 0.15) is 83.5 Å². The van der Waals surface area contributed by atoms with Crippen molar-refractivity contribution in [2.45, 2.75) is 104 Å². The van der Waals surface area contributed by atoms with E-state index in [2.05, 4.69) is 17.6 Å². The zero-order chi connectivity index (χ0) is 30.4. The van der Waals surface area contributed by atoms with Crippen molar-refractivity contribution in [3.63, 3.8) is 0 Å². The minimum absolute atomic E-state index is 0.145. The molecule has 2 N–H and O–H groups in total. The molecule has 0 saturated carbocycles. The monoisotopic (exact) mass is 578 g/mol. The maximum atomic E-state index is 13.0. The van der Waals surface area contributed by atoms with E-state index in [0.717, 1.165) is 39.5 Å². The molecule has 228 valence electrons. The number of esters is 3. The fraction of sp³-hybridized carbons (Fsp3) is 0.621. The summed E-state index contributed by atoms with van der Waals surface area (Å²) in [6.07, 6.45) is 1.52. The molecule has 5 atom stereocenters. The summed E-state index contributed by atoms with van der Waals surface area (Å²) in [7, 11) is 0. The van der Waals surface area contributed by atoms with Crippen LogP contribution in [0, 0.1) is 0 Å². The molecule has 1 aliphatic rings. The van der Waals surface area contributed by atoms with Crippen LogP contribution >= 0.6 is 0 Å². The predicted molar refractivity (Wildman–Crippen MR) is 147 cm³/mol. The highest BCUT2D eigenvalue weighted by Crippen LogP contribution is 2.30. The molecule has 1 heterocycles. The molecule has 41 heavy (non-hydrogen) atoms. The topological polar surface area (TPSA) is 156 Å². The molecule has 0 unspecified atom stereocenters. The van der Waals surface area contributed by atoms with Gasteiger partial charge in [0.15, 0.2) is 12.2 Å². The summed E-state index contributed by atoms with van der Waals surface area (Å²) in [5.74, 6) is -2.76.